The molecular formula is C10H9BrLiNO3. The smallest absolute Gasteiger partial charge is 1.00 e. The Balaban J connectivity index is 0.00000128. The van der Waals surface area contributed by atoms with Crippen LogP contribution in [0.5, 0.6) is 0 Å². The average molecular weight is 278 g/mol. The normalized spacial score (nSPS) is 13.1. The van der Waals surface area contributed by atoms with Gasteiger partial charge in [-0.2, -0.15) is 0 Å². The fraction of sp³-hybridized carbons (Fsp3) is 0.200. The van der Waals surface area contributed by atoms with E-state index in [1.807, 2.05) is 0 Å². The summed E-state index contributed by atoms with van der Waals surface area (Å²) in [6, 6.07) is 0. The Labute approximate surface area is 114 Å². The van der Waals surface area contributed by atoms with Crippen LogP contribution in [0.25, 0.3) is 5.76 Å². The first kappa shape index (κ1) is 13.3. The Morgan fingerprint density at radius 2 is 2.31 bits per heavy atom. The van der Waals surface area contributed by atoms with Crippen molar-refractivity contribution in [2.75, 3.05) is 7.11 Å². The summed E-state index contributed by atoms with van der Waals surface area (Å²) in [4.78, 5) is 15.3. The predicted octanol–water partition coefficient (Wildman–Crippen LogP) is -1.04. The number of pyridine rings is 1. The van der Waals surface area contributed by atoms with Gasteiger partial charge < -0.3 is 11.3 Å². The van der Waals surface area contributed by atoms with Crippen molar-refractivity contribution in [2.45, 2.75) is 6.42 Å². The molecule has 4 nitrogen and oxygen atoms in total. The summed E-state index contributed by atoms with van der Waals surface area (Å²) in [5.41, 5.74) is 1.73. The molecule has 0 unspecified atom stereocenters. The molecule has 0 radical (unpaired) electrons. The second-order valence-electron chi connectivity index (χ2n) is 3.14. The van der Waals surface area contributed by atoms with Gasteiger partial charge in [-0.1, -0.05) is 0 Å². The Kier molecular flexibility index (Phi) is 4.19. The van der Waals surface area contributed by atoms with Gasteiger partial charge in [0.15, 0.2) is 0 Å². The number of halogens is 1. The fourth-order valence-electron chi connectivity index (χ4n) is 1.56. The van der Waals surface area contributed by atoms with E-state index in [9.17, 15) is 9.90 Å². The number of nitrogens with zero attached hydrogens (tertiary/aromatic N) is 1. The molecule has 0 atom stereocenters. The van der Waals surface area contributed by atoms with Gasteiger partial charge in [-0.15, -0.1) is 0 Å². The van der Waals surface area contributed by atoms with Crippen LogP contribution < -0.4 is 18.9 Å². The Morgan fingerprint density at radius 1 is 1.62 bits per heavy atom. The van der Waals surface area contributed by atoms with Crippen molar-refractivity contribution < 1.29 is 34.9 Å². The van der Waals surface area contributed by atoms with Crippen LogP contribution in [-0.2, 0) is 16.0 Å². The number of hydrogen-bond acceptors (Lipinski definition) is 4. The van der Waals surface area contributed by atoms with Crippen molar-refractivity contribution in [3.8, 4) is 0 Å². The van der Waals surface area contributed by atoms with Crippen molar-refractivity contribution in [3.63, 3.8) is 0 Å². The van der Waals surface area contributed by atoms with Crippen molar-refractivity contribution in [2.24, 2.45) is 0 Å². The number of hydrogen-bond donors (Lipinski definition) is 1. The van der Waals surface area contributed by atoms with Crippen LogP contribution in [0.2, 0.25) is 0 Å². The molecule has 1 aliphatic carbocycles. The molecule has 1 aromatic rings. The number of esters is 1. The van der Waals surface area contributed by atoms with Crippen LogP contribution in [0.1, 0.15) is 12.6 Å². The summed E-state index contributed by atoms with van der Waals surface area (Å²) in [5, 5.41) is 9.79. The van der Waals surface area contributed by atoms with Crippen LogP contribution in [0, 0.1) is 0 Å². The fourth-order valence-corrected chi connectivity index (χ4v) is 2.03. The van der Waals surface area contributed by atoms with E-state index in [4.69, 9.17) is 0 Å². The van der Waals surface area contributed by atoms with Crippen molar-refractivity contribution >= 4 is 27.7 Å². The minimum atomic E-state index is -0.504. The predicted molar refractivity (Wildman–Crippen MR) is 58.3 cm³/mol. The molecule has 0 aromatic carbocycles. The molecule has 1 N–H and O–H groups in total. The average Bonchev–Trinajstić information content (AvgIpc) is 2.57. The molecule has 6 heteroatoms. The molecule has 0 bridgehead atoms. The summed E-state index contributed by atoms with van der Waals surface area (Å²) in [5.74, 6) is -0.541. The van der Waals surface area contributed by atoms with Gasteiger partial charge in [-0.25, -0.2) is 4.79 Å². The first-order chi connectivity index (χ1) is 7.15. The van der Waals surface area contributed by atoms with E-state index < -0.39 is 5.97 Å². The zero-order valence-electron chi connectivity index (χ0n) is 9.95. The van der Waals surface area contributed by atoms with E-state index in [2.05, 4.69) is 25.7 Å². The van der Waals surface area contributed by atoms with Gasteiger partial charge in [-0.05, 0) is 21.5 Å². The van der Waals surface area contributed by atoms with Crippen LogP contribution in [0.15, 0.2) is 22.4 Å². The maximum Gasteiger partial charge on any atom is 1.00 e. The molecule has 16 heavy (non-hydrogen) atoms. The number of carbonyl (C=O) groups excluding carboxylic acids is 1. The van der Waals surface area contributed by atoms with Gasteiger partial charge in [0.05, 0.1) is 12.7 Å². The third kappa shape index (κ3) is 2.03. The number of methoxy groups -OCH3 is 1. The van der Waals surface area contributed by atoms with Crippen LogP contribution >= 0.6 is 15.9 Å². The number of carbonyl (C=O) groups is 1. The number of ether oxygens (including phenoxy) is 1. The van der Waals surface area contributed by atoms with Gasteiger partial charge in [0, 0.05) is 28.9 Å². The maximum atomic E-state index is 11.3. The molecule has 0 aliphatic heterocycles. The summed E-state index contributed by atoms with van der Waals surface area (Å²) in [6.07, 6.45) is 3.54. The van der Waals surface area contributed by atoms with Gasteiger partial charge in [-0.3, -0.25) is 4.98 Å². The summed E-state index contributed by atoms with van der Waals surface area (Å²) < 4.78 is 5.37. The van der Waals surface area contributed by atoms with E-state index in [1.54, 1.807) is 6.20 Å². The van der Waals surface area contributed by atoms with Crippen molar-refractivity contribution in [1.29, 1.82) is 0 Å². The minimum absolute atomic E-state index is 0. The van der Waals surface area contributed by atoms with Gasteiger partial charge >= 0.3 is 24.8 Å². The number of rotatable bonds is 1. The second kappa shape index (κ2) is 5.05. The molecule has 1 aromatic heterocycles. The van der Waals surface area contributed by atoms with Crippen LogP contribution in [-0.4, -0.2) is 23.2 Å². The van der Waals surface area contributed by atoms with Gasteiger partial charge in [0.1, 0.15) is 5.76 Å². The molecule has 0 fully saturated rings. The van der Waals surface area contributed by atoms with E-state index in [0.29, 0.717) is 12.0 Å². The first-order valence-electron chi connectivity index (χ1n) is 4.28. The number of aromatic nitrogens is 1. The number of aliphatic hydroxyl groups excluding tert-OH is 1. The Morgan fingerprint density at radius 3 is 2.88 bits per heavy atom. The molecule has 1 aliphatic rings. The zero-order chi connectivity index (χ0) is 11.0. The topological polar surface area (TPSA) is 59.4 Å². The zero-order valence-corrected chi connectivity index (χ0v) is 10.5. The summed E-state index contributed by atoms with van der Waals surface area (Å²) in [7, 11) is 1.29. The van der Waals surface area contributed by atoms with E-state index in [-0.39, 0.29) is 31.6 Å². The first-order valence-corrected chi connectivity index (χ1v) is 5.07. The quantitative estimate of drug-likeness (QED) is 0.526. The standard InChI is InChI=1S/C10H8BrNO3.Li.H/c1-15-10(14)6-2-5-7(9(6)13)3-12-4-8(5)11;;/h3-4,13H,2H2,1H3;;/q;+1;-1. The molecule has 0 amide bonds. The second-order valence-corrected chi connectivity index (χ2v) is 4.00. The molecule has 0 saturated heterocycles. The van der Waals surface area contributed by atoms with Crippen LogP contribution in [0.4, 0.5) is 0 Å². The Bertz CT molecular complexity index is 479. The van der Waals surface area contributed by atoms with Crippen molar-refractivity contribution in [1.82, 2.24) is 4.98 Å². The van der Waals surface area contributed by atoms with Crippen LogP contribution in [0.3, 0.4) is 0 Å². The number of fused-ring (bicyclic) bond motifs is 1. The molecular weight excluding hydrogens is 269 g/mol. The monoisotopic (exact) mass is 277 g/mol. The summed E-state index contributed by atoms with van der Waals surface area (Å²) >= 11 is 3.32. The van der Waals surface area contributed by atoms with Gasteiger partial charge in [0.2, 0.25) is 0 Å². The number of aliphatic hydroxyl groups is 1. The summed E-state index contributed by atoms with van der Waals surface area (Å²) in [6.45, 7) is 0. The molecule has 80 valence electrons. The van der Waals surface area contributed by atoms with Gasteiger partial charge in [0.25, 0.3) is 0 Å². The Hall–Kier alpha value is -0.763. The van der Waals surface area contributed by atoms with E-state index in [1.165, 1.54) is 13.3 Å². The third-order valence-electron chi connectivity index (χ3n) is 2.33. The SMILES string of the molecule is COC(=O)C1=C(O)c2cncc(Br)c2C1.[H-].[Li+]. The van der Waals surface area contributed by atoms with E-state index >= 15 is 0 Å². The van der Waals surface area contributed by atoms with E-state index in [0.717, 1.165) is 10.0 Å². The molecule has 1 heterocycles. The maximum absolute atomic E-state index is 11.3. The largest absolute Gasteiger partial charge is 1.00 e. The molecule has 0 saturated carbocycles. The third-order valence-corrected chi connectivity index (χ3v) is 3.01. The molecule has 2 rings (SSSR count). The molecule has 0 spiro atoms. The van der Waals surface area contributed by atoms with Crippen molar-refractivity contribution in [3.05, 3.63) is 33.6 Å². The minimum Gasteiger partial charge on any atom is -1.00 e.